The van der Waals surface area contributed by atoms with Gasteiger partial charge < -0.3 is 19.6 Å². The molecule has 0 saturated carbocycles. The zero-order valence-electron chi connectivity index (χ0n) is 13.7. The molecule has 0 atom stereocenters. The molecule has 6 nitrogen and oxygen atoms in total. The number of anilines is 1. The first kappa shape index (κ1) is 16.6. The summed E-state index contributed by atoms with van der Waals surface area (Å²) in [5, 5.41) is 0.709. The van der Waals surface area contributed by atoms with Gasteiger partial charge in [0.05, 0.1) is 12.3 Å². The van der Waals surface area contributed by atoms with Gasteiger partial charge in [-0.2, -0.15) is 0 Å². The molecule has 1 heterocycles. The van der Waals surface area contributed by atoms with E-state index < -0.39 is 5.97 Å². The van der Waals surface area contributed by atoms with Gasteiger partial charge in [-0.3, -0.25) is 4.79 Å². The molecule has 1 aromatic heterocycles. The molecule has 0 bridgehead atoms. The van der Waals surface area contributed by atoms with E-state index in [0.29, 0.717) is 34.6 Å². The van der Waals surface area contributed by atoms with Gasteiger partial charge in [0, 0.05) is 10.9 Å². The third-order valence-corrected chi connectivity index (χ3v) is 3.62. The molecule has 3 aromatic rings. The third-order valence-electron chi connectivity index (χ3n) is 3.62. The Morgan fingerprint density at radius 2 is 1.80 bits per heavy atom. The number of rotatable bonds is 6. The average Bonchev–Trinajstić information content (AvgIpc) is 2.97. The van der Waals surface area contributed by atoms with Crippen LogP contribution in [0.2, 0.25) is 0 Å². The summed E-state index contributed by atoms with van der Waals surface area (Å²) >= 11 is 0. The molecule has 0 spiro atoms. The predicted molar refractivity (Wildman–Crippen MR) is 92.6 cm³/mol. The van der Waals surface area contributed by atoms with Crippen molar-refractivity contribution in [2.45, 2.75) is 6.92 Å². The van der Waals surface area contributed by atoms with Crippen LogP contribution in [0, 0.1) is 0 Å². The molecular formula is C19H17NO5. The molecule has 0 aliphatic rings. The largest absolute Gasteiger partial charge is 0.482 e. The number of ether oxygens (including phenoxy) is 2. The van der Waals surface area contributed by atoms with Crippen LogP contribution in [0.25, 0.3) is 11.0 Å². The second-order valence-corrected chi connectivity index (χ2v) is 5.29. The fourth-order valence-electron chi connectivity index (χ4n) is 2.41. The van der Waals surface area contributed by atoms with E-state index in [2.05, 4.69) is 0 Å². The van der Waals surface area contributed by atoms with E-state index in [0.717, 1.165) is 0 Å². The number of hydrogen-bond acceptors (Lipinski definition) is 6. The summed E-state index contributed by atoms with van der Waals surface area (Å²) < 4.78 is 15.7. The Balaban J connectivity index is 1.76. The minimum atomic E-state index is -0.447. The first-order valence-electron chi connectivity index (χ1n) is 7.80. The Hall–Kier alpha value is -3.28. The van der Waals surface area contributed by atoms with E-state index in [-0.39, 0.29) is 18.2 Å². The highest BCUT2D eigenvalue weighted by molar-refractivity contribution is 6.14. The number of hydrogen-bond donors (Lipinski definition) is 1. The van der Waals surface area contributed by atoms with E-state index >= 15 is 0 Å². The summed E-state index contributed by atoms with van der Waals surface area (Å²) in [4.78, 5) is 23.9. The van der Waals surface area contributed by atoms with Crippen molar-refractivity contribution in [3.05, 3.63) is 59.9 Å². The standard InChI is InChI=1S/C19H17NO5/c1-2-23-16(21)11-24-13-9-7-12(8-10-13)18(22)19-17(20)14-5-3-4-6-15(14)25-19/h3-10H,2,11,20H2,1H3. The minimum Gasteiger partial charge on any atom is -0.482 e. The monoisotopic (exact) mass is 339 g/mol. The number of ketones is 1. The maximum Gasteiger partial charge on any atom is 0.344 e. The third kappa shape index (κ3) is 3.47. The molecule has 6 heteroatoms. The lowest BCUT2D eigenvalue weighted by molar-refractivity contribution is -0.145. The molecule has 0 saturated heterocycles. The highest BCUT2D eigenvalue weighted by Crippen LogP contribution is 2.30. The van der Waals surface area contributed by atoms with Gasteiger partial charge in [0.25, 0.3) is 0 Å². The summed E-state index contributed by atoms with van der Waals surface area (Å²) in [6.45, 7) is 1.84. The topological polar surface area (TPSA) is 91.8 Å². The first-order chi connectivity index (χ1) is 12.1. The van der Waals surface area contributed by atoms with Crippen LogP contribution >= 0.6 is 0 Å². The van der Waals surface area contributed by atoms with Gasteiger partial charge in [-0.05, 0) is 43.3 Å². The summed E-state index contributed by atoms with van der Waals surface area (Å²) in [5.41, 5.74) is 7.33. The number of para-hydroxylation sites is 1. The molecule has 0 unspecified atom stereocenters. The van der Waals surface area contributed by atoms with E-state index in [9.17, 15) is 9.59 Å². The Morgan fingerprint density at radius 1 is 1.08 bits per heavy atom. The van der Waals surface area contributed by atoms with E-state index in [1.54, 1.807) is 43.3 Å². The van der Waals surface area contributed by atoms with Crippen molar-refractivity contribution in [1.29, 1.82) is 0 Å². The van der Waals surface area contributed by atoms with Gasteiger partial charge in [-0.25, -0.2) is 4.79 Å². The van der Waals surface area contributed by atoms with Crippen molar-refractivity contribution in [3.8, 4) is 5.75 Å². The van der Waals surface area contributed by atoms with Gasteiger partial charge in [0.15, 0.2) is 12.4 Å². The molecule has 3 rings (SSSR count). The van der Waals surface area contributed by atoms with Crippen molar-refractivity contribution in [2.75, 3.05) is 18.9 Å². The molecule has 0 amide bonds. The molecule has 2 aromatic carbocycles. The van der Waals surface area contributed by atoms with E-state index in [1.807, 2.05) is 12.1 Å². The molecule has 128 valence electrons. The Morgan fingerprint density at radius 3 is 2.48 bits per heavy atom. The maximum atomic E-state index is 12.6. The van der Waals surface area contributed by atoms with Gasteiger partial charge in [-0.1, -0.05) is 12.1 Å². The first-order valence-corrected chi connectivity index (χ1v) is 7.80. The van der Waals surface area contributed by atoms with Crippen LogP contribution in [0.1, 0.15) is 23.0 Å². The van der Waals surface area contributed by atoms with Gasteiger partial charge in [0.2, 0.25) is 5.78 Å². The van der Waals surface area contributed by atoms with Gasteiger partial charge in [0.1, 0.15) is 11.3 Å². The van der Waals surface area contributed by atoms with Crippen LogP contribution in [0.4, 0.5) is 5.69 Å². The normalized spacial score (nSPS) is 10.6. The lowest BCUT2D eigenvalue weighted by Gasteiger charge is -2.06. The molecular weight excluding hydrogens is 322 g/mol. The summed E-state index contributed by atoms with van der Waals surface area (Å²) in [6, 6.07) is 13.6. The van der Waals surface area contributed by atoms with Crippen molar-refractivity contribution in [1.82, 2.24) is 0 Å². The number of fused-ring (bicyclic) bond motifs is 1. The fourth-order valence-corrected chi connectivity index (χ4v) is 2.41. The SMILES string of the molecule is CCOC(=O)COc1ccc(C(=O)c2oc3ccccc3c2N)cc1. The molecule has 0 aliphatic carbocycles. The number of benzene rings is 2. The lowest BCUT2D eigenvalue weighted by atomic mass is 10.1. The lowest BCUT2D eigenvalue weighted by Crippen LogP contribution is -2.14. The number of furan rings is 1. The zero-order chi connectivity index (χ0) is 17.8. The number of carbonyl (C=O) groups is 2. The van der Waals surface area contributed by atoms with Gasteiger partial charge in [-0.15, -0.1) is 0 Å². The van der Waals surface area contributed by atoms with Crippen molar-refractivity contribution < 1.29 is 23.5 Å². The second kappa shape index (κ2) is 7.09. The Bertz CT molecular complexity index is 911. The summed E-state index contributed by atoms with van der Waals surface area (Å²) in [6.07, 6.45) is 0. The van der Waals surface area contributed by atoms with E-state index in [4.69, 9.17) is 19.6 Å². The smallest absolute Gasteiger partial charge is 0.344 e. The summed E-state index contributed by atoms with van der Waals surface area (Å²) in [5.74, 6) is -0.188. The Kier molecular flexibility index (Phi) is 4.70. The van der Waals surface area contributed by atoms with Crippen LogP contribution in [-0.2, 0) is 9.53 Å². The quantitative estimate of drug-likeness (QED) is 0.548. The molecule has 25 heavy (non-hydrogen) atoms. The van der Waals surface area contributed by atoms with Crippen LogP contribution in [0.3, 0.4) is 0 Å². The van der Waals surface area contributed by atoms with Crippen molar-refractivity contribution >= 4 is 28.4 Å². The number of esters is 1. The minimum absolute atomic E-state index is 0.112. The van der Waals surface area contributed by atoms with Gasteiger partial charge >= 0.3 is 5.97 Å². The molecule has 0 aliphatic heterocycles. The van der Waals surface area contributed by atoms with Crippen LogP contribution in [0.5, 0.6) is 5.75 Å². The highest BCUT2D eigenvalue weighted by atomic mass is 16.6. The van der Waals surface area contributed by atoms with Crippen LogP contribution in [0.15, 0.2) is 52.9 Å². The average molecular weight is 339 g/mol. The number of nitrogen functional groups attached to an aromatic ring is 1. The second-order valence-electron chi connectivity index (χ2n) is 5.29. The molecule has 0 radical (unpaired) electrons. The number of carbonyl (C=O) groups excluding carboxylic acids is 2. The predicted octanol–water partition coefficient (Wildman–Crippen LogP) is 3.19. The fraction of sp³-hybridized carbons (Fsp3) is 0.158. The van der Waals surface area contributed by atoms with Crippen molar-refractivity contribution in [3.63, 3.8) is 0 Å². The van der Waals surface area contributed by atoms with Crippen LogP contribution < -0.4 is 10.5 Å². The Labute approximate surface area is 144 Å². The zero-order valence-corrected chi connectivity index (χ0v) is 13.7. The van der Waals surface area contributed by atoms with E-state index in [1.165, 1.54) is 0 Å². The summed E-state index contributed by atoms with van der Waals surface area (Å²) in [7, 11) is 0. The highest BCUT2D eigenvalue weighted by Gasteiger charge is 2.19. The maximum absolute atomic E-state index is 12.6. The van der Waals surface area contributed by atoms with Crippen LogP contribution in [-0.4, -0.2) is 25.0 Å². The van der Waals surface area contributed by atoms with Crippen molar-refractivity contribution in [2.24, 2.45) is 0 Å². The number of nitrogens with two attached hydrogens (primary N) is 1. The molecule has 0 fully saturated rings. The molecule has 2 N–H and O–H groups in total.